The second-order valence-electron chi connectivity index (χ2n) is 6.55. The van der Waals surface area contributed by atoms with Gasteiger partial charge in [0.05, 0.1) is 10.6 Å². The monoisotopic (exact) mass is 458 g/mol. The molecule has 0 aliphatic rings. The lowest BCUT2D eigenvalue weighted by Crippen LogP contribution is -2.28. The fraction of sp³-hybridized carbons (Fsp3) is 0.0952. The Morgan fingerprint density at radius 3 is 2.44 bits per heavy atom. The summed E-state index contributed by atoms with van der Waals surface area (Å²) >= 11 is 0. The first-order valence-electron chi connectivity index (χ1n) is 9.26. The molecule has 0 fully saturated rings. The fourth-order valence-electron chi connectivity index (χ4n) is 2.62. The Morgan fingerprint density at radius 1 is 1.03 bits per heavy atom. The molecule has 1 aromatic heterocycles. The summed E-state index contributed by atoms with van der Waals surface area (Å²) in [7, 11) is -3.80. The molecule has 0 bridgehead atoms. The van der Waals surface area contributed by atoms with E-state index in [0.29, 0.717) is 5.56 Å². The summed E-state index contributed by atoms with van der Waals surface area (Å²) in [6.07, 6.45) is 1.42. The van der Waals surface area contributed by atoms with Crippen molar-refractivity contribution in [3.05, 3.63) is 83.8 Å². The zero-order valence-electron chi connectivity index (χ0n) is 16.6. The standard InChI is InChI=1S/C21H19FN4O5S/c22-17-5-1-2-6-18(17)26-20-16(4-3-11-24-20)21(28)31-13-19(27)25-12-14-7-9-15(10-8-14)32(23,29)30/h1-11H,12-13H2,(H,24,26)(H,25,27)(H2,23,29,30). The van der Waals surface area contributed by atoms with Gasteiger partial charge in [-0.3, -0.25) is 4.79 Å². The number of sulfonamides is 1. The lowest BCUT2D eigenvalue weighted by Gasteiger charge is -2.11. The molecule has 3 rings (SSSR count). The Hall–Kier alpha value is -3.83. The number of benzene rings is 2. The predicted molar refractivity (Wildman–Crippen MR) is 114 cm³/mol. The number of nitrogens with one attached hydrogen (secondary N) is 2. The van der Waals surface area contributed by atoms with E-state index in [2.05, 4.69) is 15.6 Å². The molecule has 4 N–H and O–H groups in total. The van der Waals surface area contributed by atoms with Gasteiger partial charge in [-0.2, -0.15) is 0 Å². The van der Waals surface area contributed by atoms with Crippen molar-refractivity contribution in [2.24, 2.45) is 5.14 Å². The number of primary sulfonamides is 1. The Bertz CT molecular complexity index is 1230. The minimum absolute atomic E-state index is 0.0298. The number of carbonyl (C=O) groups is 2. The van der Waals surface area contributed by atoms with Gasteiger partial charge in [0.15, 0.2) is 6.61 Å². The van der Waals surface area contributed by atoms with Crippen LogP contribution in [0.5, 0.6) is 0 Å². The summed E-state index contributed by atoms with van der Waals surface area (Å²) in [6, 6.07) is 14.5. The lowest BCUT2D eigenvalue weighted by atomic mass is 10.2. The maximum atomic E-state index is 13.9. The number of hydrogen-bond donors (Lipinski definition) is 3. The van der Waals surface area contributed by atoms with Gasteiger partial charge >= 0.3 is 5.97 Å². The second kappa shape index (κ2) is 9.98. The van der Waals surface area contributed by atoms with Crippen LogP contribution in [0.1, 0.15) is 15.9 Å². The van der Waals surface area contributed by atoms with Crippen LogP contribution in [0.3, 0.4) is 0 Å². The van der Waals surface area contributed by atoms with Crippen molar-refractivity contribution in [3.63, 3.8) is 0 Å². The number of amides is 1. The summed E-state index contributed by atoms with van der Waals surface area (Å²) in [5.74, 6) is -1.82. The number of pyridine rings is 1. The van der Waals surface area contributed by atoms with Gasteiger partial charge in [-0.05, 0) is 42.0 Å². The molecule has 32 heavy (non-hydrogen) atoms. The summed E-state index contributed by atoms with van der Waals surface area (Å²) in [4.78, 5) is 28.4. The molecule has 0 atom stereocenters. The summed E-state index contributed by atoms with van der Waals surface area (Å²) in [5.41, 5.74) is 0.786. The van der Waals surface area contributed by atoms with Gasteiger partial charge in [0, 0.05) is 12.7 Å². The Balaban J connectivity index is 1.55. The number of aromatic nitrogens is 1. The number of ether oxygens (including phenoxy) is 1. The largest absolute Gasteiger partial charge is 0.452 e. The average Bonchev–Trinajstić information content (AvgIpc) is 2.77. The zero-order chi connectivity index (χ0) is 23.1. The van der Waals surface area contributed by atoms with E-state index in [4.69, 9.17) is 9.88 Å². The van der Waals surface area contributed by atoms with Crippen molar-refractivity contribution in [2.45, 2.75) is 11.4 Å². The van der Waals surface area contributed by atoms with Gasteiger partial charge in [-0.1, -0.05) is 24.3 Å². The number of rotatable bonds is 8. The van der Waals surface area contributed by atoms with E-state index in [9.17, 15) is 22.4 Å². The third kappa shape index (κ3) is 6.09. The van der Waals surface area contributed by atoms with E-state index < -0.39 is 34.3 Å². The highest BCUT2D eigenvalue weighted by molar-refractivity contribution is 7.89. The molecule has 0 saturated heterocycles. The number of esters is 1. The van der Waals surface area contributed by atoms with Crippen molar-refractivity contribution in [1.29, 1.82) is 0 Å². The molecule has 1 amide bonds. The van der Waals surface area contributed by atoms with Crippen LogP contribution < -0.4 is 15.8 Å². The first-order chi connectivity index (χ1) is 15.2. The van der Waals surface area contributed by atoms with Crippen LogP contribution in [0.25, 0.3) is 0 Å². The van der Waals surface area contributed by atoms with Crippen molar-refractivity contribution >= 4 is 33.4 Å². The van der Waals surface area contributed by atoms with Gasteiger partial charge < -0.3 is 15.4 Å². The highest BCUT2D eigenvalue weighted by atomic mass is 32.2. The SMILES string of the molecule is NS(=O)(=O)c1ccc(CNC(=O)COC(=O)c2cccnc2Nc2ccccc2F)cc1. The molecule has 0 spiro atoms. The van der Waals surface area contributed by atoms with Crippen LogP contribution in [0.2, 0.25) is 0 Å². The molecular weight excluding hydrogens is 439 g/mol. The number of hydrogen-bond acceptors (Lipinski definition) is 7. The van der Waals surface area contributed by atoms with Gasteiger partial charge in [0.1, 0.15) is 17.2 Å². The van der Waals surface area contributed by atoms with Gasteiger partial charge in [0.25, 0.3) is 5.91 Å². The fourth-order valence-corrected chi connectivity index (χ4v) is 3.13. The minimum atomic E-state index is -3.80. The maximum Gasteiger partial charge on any atom is 0.342 e. The molecule has 2 aromatic carbocycles. The number of nitrogens with zero attached hydrogens (tertiary/aromatic N) is 1. The third-order valence-electron chi connectivity index (χ3n) is 4.23. The number of carbonyl (C=O) groups excluding carboxylic acids is 2. The molecule has 0 saturated carbocycles. The van der Waals surface area contributed by atoms with E-state index in [-0.39, 0.29) is 28.5 Å². The first-order valence-corrected chi connectivity index (χ1v) is 10.8. The van der Waals surface area contributed by atoms with Crippen molar-refractivity contribution in [1.82, 2.24) is 10.3 Å². The van der Waals surface area contributed by atoms with E-state index in [0.717, 1.165) is 0 Å². The van der Waals surface area contributed by atoms with E-state index in [1.54, 1.807) is 6.07 Å². The van der Waals surface area contributed by atoms with Gasteiger partial charge in [-0.25, -0.2) is 27.7 Å². The molecule has 0 aliphatic carbocycles. The Labute approximate surface area is 183 Å². The van der Waals surface area contributed by atoms with Crippen LogP contribution in [0.4, 0.5) is 15.9 Å². The lowest BCUT2D eigenvalue weighted by molar-refractivity contribution is -0.124. The number of anilines is 2. The smallest absolute Gasteiger partial charge is 0.342 e. The molecule has 9 nitrogen and oxygen atoms in total. The van der Waals surface area contributed by atoms with Crippen LogP contribution in [0, 0.1) is 5.82 Å². The van der Waals surface area contributed by atoms with Crippen LogP contribution in [-0.2, 0) is 26.1 Å². The second-order valence-corrected chi connectivity index (χ2v) is 8.11. The van der Waals surface area contributed by atoms with E-state index >= 15 is 0 Å². The zero-order valence-corrected chi connectivity index (χ0v) is 17.4. The Morgan fingerprint density at radius 2 is 1.75 bits per heavy atom. The molecule has 0 aliphatic heterocycles. The molecule has 3 aromatic rings. The topological polar surface area (TPSA) is 140 Å². The van der Waals surface area contributed by atoms with Crippen molar-refractivity contribution < 1.29 is 27.1 Å². The Kier molecular flexibility index (Phi) is 7.13. The molecule has 166 valence electrons. The first kappa shape index (κ1) is 22.8. The molecule has 0 unspecified atom stereocenters. The molecule has 11 heteroatoms. The number of para-hydroxylation sites is 1. The highest BCUT2D eigenvalue weighted by Crippen LogP contribution is 2.21. The van der Waals surface area contributed by atoms with Gasteiger partial charge in [-0.15, -0.1) is 0 Å². The predicted octanol–water partition coefficient (Wildman–Crippen LogP) is 2.08. The maximum absolute atomic E-state index is 13.9. The molecular formula is C21H19FN4O5S. The molecule has 0 radical (unpaired) electrons. The van der Waals surface area contributed by atoms with Gasteiger partial charge in [0.2, 0.25) is 10.0 Å². The number of halogens is 1. The van der Waals surface area contributed by atoms with Crippen molar-refractivity contribution in [2.75, 3.05) is 11.9 Å². The average molecular weight is 458 g/mol. The van der Waals surface area contributed by atoms with E-state index in [1.165, 1.54) is 60.8 Å². The third-order valence-corrected chi connectivity index (χ3v) is 5.16. The highest BCUT2D eigenvalue weighted by Gasteiger charge is 2.16. The summed E-state index contributed by atoms with van der Waals surface area (Å²) in [6.45, 7) is -0.462. The van der Waals surface area contributed by atoms with Crippen LogP contribution in [0.15, 0.2) is 71.8 Å². The minimum Gasteiger partial charge on any atom is -0.452 e. The number of nitrogens with two attached hydrogens (primary N) is 1. The summed E-state index contributed by atoms with van der Waals surface area (Å²) in [5, 5.41) is 10.3. The normalized spacial score (nSPS) is 10.9. The van der Waals surface area contributed by atoms with Crippen LogP contribution in [-0.4, -0.2) is 31.9 Å². The van der Waals surface area contributed by atoms with E-state index in [1.807, 2.05) is 0 Å². The van der Waals surface area contributed by atoms with Crippen LogP contribution >= 0.6 is 0 Å². The quantitative estimate of drug-likeness (QED) is 0.439. The summed E-state index contributed by atoms with van der Waals surface area (Å²) < 4.78 is 41.4. The van der Waals surface area contributed by atoms with Crippen molar-refractivity contribution in [3.8, 4) is 0 Å². The molecule has 1 heterocycles.